The van der Waals surface area contributed by atoms with Crippen LogP contribution in [0.5, 0.6) is 5.75 Å². The number of ether oxygens (including phenoxy) is 1. The van der Waals surface area contributed by atoms with Crippen LogP contribution in [-0.2, 0) is 24.1 Å². The summed E-state index contributed by atoms with van der Waals surface area (Å²) in [5.74, 6) is 1.17. The molecule has 1 aromatic heterocycles. The van der Waals surface area contributed by atoms with E-state index < -0.39 is 5.97 Å². The molecular weight excluding hydrogens is 516 g/mol. The number of carbonyl (C=O) groups excluding carboxylic acids is 1. The molecule has 0 spiro atoms. The zero-order valence-corrected chi connectivity index (χ0v) is 24.3. The molecule has 2 aliphatic rings. The summed E-state index contributed by atoms with van der Waals surface area (Å²) >= 11 is 0. The summed E-state index contributed by atoms with van der Waals surface area (Å²) in [5.41, 5.74) is 4.03. The zero-order chi connectivity index (χ0) is 28.9. The molecule has 1 amide bonds. The van der Waals surface area contributed by atoms with E-state index in [9.17, 15) is 14.7 Å². The van der Waals surface area contributed by atoms with Gasteiger partial charge >= 0.3 is 5.97 Å². The molecule has 3 heterocycles. The number of rotatable bonds is 9. The van der Waals surface area contributed by atoms with Crippen molar-refractivity contribution in [2.75, 3.05) is 31.6 Å². The highest BCUT2D eigenvalue weighted by atomic mass is 16.5. The Hall–Kier alpha value is -3.94. The summed E-state index contributed by atoms with van der Waals surface area (Å²) in [7, 11) is 1.63. The summed E-state index contributed by atoms with van der Waals surface area (Å²) in [6, 6.07) is 16.3. The Bertz CT molecular complexity index is 1370. The molecule has 2 atom stereocenters. The van der Waals surface area contributed by atoms with Crippen LogP contribution in [0.25, 0.3) is 0 Å². The molecule has 8 nitrogen and oxygen atoms in total. The lowest BCUT2D eigenvalue weighted by molar-refractivity contribution is -0.132. The lowest BCUT2D eigenvalue weighted by atomic mass is 9.98. The van der Waals surface area contributed by atoms with Crippen LogP contribution in [0.15, 0.2) is 54.7 Å². The Morgan fingerprint density at radius 1 is 1.05 bits per heavy atom. The third-order valence-electron chi connectivity index (χ3n) is 8.55. The maximum absolute atomic E-state index is 13.6. The predicted molar refractivity (Wildman–Crippen MR) is 159 cm³/mol. The summed E-state index contributed by atoms with van der Waals surface area (Å²) in [4.78, 5) is 39.0. The number of amides is 1. The maximum Gasteiger partial charge on any atom is 0.339 e. The van der Waals surface area contributed by atoms with Gasteiger partial charge in [-0.1, -0.05) is 62.7 Å². The number of likely N-dealkylation sites (tertiary alicyclic amines) is 1. The minimum absolute atomic E-state index is 0.0744. The summed E-state index contributed by atoms with van der Waals surface area (Å²) in [6.07, 6.45) is 6.09. The number of aryl methyl sites for hydroxylation is 2. The molecule has 2 fully saturated rings. The van der Waals surface area contributed by atoms with E-state index >= 15 is 0 Å². The number of nitrogens with zero attached hydrogens (tertiary/aromatic N) is 4. The Balaban J connectivity index is 1.32. The van der Waals surface area contributed by atoms with E-state index in [1.165, 1.54) is 11.8 Å². The van der Waals surface area contributed by atoms with Gasteiger partial charge in [-0.25, -0.2) is 14.8 Å². The van der Waals surface area contributed by atoms with E-state index in [0.29, 0.717) is 49.3 Å². The number of benzene rings is 2. The largest absolute Gasteiger partial charge is 0.496 e. The molecule has 5 rings (SSSR count). The van der Waals surface area contributed by atoms with Gasteiger partial charge in [-0.05, 0) is 54.7 Å². The Kier molecular flexibility index (Phi) is 8.86. The van der Waals surface area contributed by atoms with E-state index in [0.717, 1.165) is 49.2 Å². The van der Waals surface area contributed by atoms with Gasteiger partial charge in [0, 0.05) is 31.4 Å². The average molecular weight is 557 g/mol. The number of aromatic carboxylic acids is 1. The predicted octanol–water partition coefficient (Wildman–Crippen LogP) is 5.15. The number of para-hydroxylation sites is 1. The van der Waals surface area contributed by atoms with E-state index in [4.69, 9.17) is 9.72 Å². The normalized spacial score (nSPS) is 18.7. The topological polar surface area (TPSA) is 95.9 Å². The standard InChI is InChI=1S/C33H40N4O4/c1-22(2)24-14-11-23(12-15-24)13-16-28-27(32(39)40)19-34-33(35-28)36-20-26-9-6-7-17-37(29(26)21-36)31(38)18-25-8-4-5-10-30(25)41-3/h4-5,8,10-12,14-15,19,22,26,29H,6-7,9,13,16-18,20-21H2,1-3H3,(H,39,40)/t26-,29+/m0/s1. The van der Waals surface area contributed by atoms with Gasteiger partial charge in [0.15, 0.2) is 0 Å². The van der Waals surface area contributed by atoms with Crippen LogP contribution in [0.3, 0.4) is 0 Å². The maximum atomic E-state index is 13.6. The Morgan fingerprint density at radius 2 is 1.83 bits per heavy atom. The van der Waals surface area contributed by atoms with Crippen LogP contribution in [0.1, 0.15) is 71.8 Å². The monoisotopic (exact) mass is 556 g/mol. The Labute approximate surface area is 242 Å². The number of carboxylic acid groups (broad SMARTS) is 1. The van der Waals surface area contributed by atoms with Crippen LogP contribution in [-0.4, -0.2) is 64.6 Å². The van der Waals surface area contributed by atoms with E-state index in [1.807, 2.05) is 24.3 Å². The number of carboxylic acids is 1. The van der Waals surface area contributed by atoms with Crippen molar-refractivity contribution < 1.29 is 19.4 Å². The van der Waals surface area contributed by atoms with Crippen molar-refractivity contribution in [1.82, 2.24) is 14.9 Å². The molecule has 41 heavy (non-hydrogen) atoms. The molecule has 0 bridgehead atoms. The quantitative estimate of drug-likeness (QED) is 0.389. The summed E-state index contributed by atoms with van der Waals surface area (Å²) in [5, 5.41) is 9.82. The molecule has 3 aromatic rings. The minimum Gasteiger partial charge on any atom is -0.496 e. The fourth-order valence-corrected chi connectivity index (χ4v) is 6.19. The number of hydrogen-bond donors (Lipinski definition) is 1. The summed E-state index contributed by atoms with van der Waals surface area (Å²) in [6.45, 7) is 6.48. The third kappa shape index (κ3) is 6.53. The molecule has 0 saturated carbocycles. The first-order chi connectivity index (χ1) is 19.8. The van der Waals surface area contributed by atoms with Crippen LogP contribution < -0.4 is 9.64 Å². The van der Waals surface area contributed by atoms with Crippen molar-refractivity contribution in [2.24, 2.45) is 5.92 Å². The molecule has 216 valence electrons. The highest BCUT2D eigenvalue weighted by Gasteiger charge is 2.40. The van der Waals surface area contributed by atoms with Crippen molar-refractivity contribution in [3.05, 3.63) is 82.7 Å². The van der Waals surface area contributed by atoms with Crippen LogP contribution in [0.4, 0.5) is 5.95 Å². The molecule has 2 aliphatic heterocycles. The number of fused-ring (bicyclic) bond motifs is 1. The van der Waals surface area contributed by atoms with Crippen molar-refractivity contribution in [3.63, 3.8) is 0 Å². The van der Waals surface area contributed by atoms with Gasteiger partial charge in [-0.3, -0.25) is 4.79 Å². The second-order valence-corrected chi connectivity index (χ2v) is 11.5. The number of hydrogen-bond acceptors (Lipinski definition) is 6. The van der Waals surface area contributed by atoms with Gasteiger partial charge in [0.1, 0.15) is 5.75 Å². The first-order valence-corrected chi connectivity index (χ1v) is 14.7. The molecular formula is C33H40N4O4. The van der Waals surface area contributed by atoms with Crippen LogP contribution >= 0.6 is 0 Å². The molecule has 0 radical (unpaired) electrons. The van der Waals surface area contributed by atoms with Gasteiger partial charge in [-0.15, -0.1) is 0 Å². The second-order valence-electron chi connectivity index (χ2n) is 11.5. The first-order valence-electron chi connectivity index (χ1n) is 14.7. The molecule has 2 aromatic carbocycles. The lowest BCUT2D eigenvalue weighted by Crippen LogP contribution is -2.45. The van der Waals surface area contributed by atoms with Gasteiger partial charge in [0.2, 0.25) is 11.9 Å². The first kappa shape index (κ1) is 28.6. The van der Waals surface area contributed by atoms with Crippen LogP contribution in [0.2, 0.25) is 0 Å². The van der Waals surface area contributed by atoms with E-state index in [-0.39, 0.29) is 17.5 Å². The molecule has 8 heteroatoms. The smallest absolute Gasteiger partial charge is 0.339 e. The fourth-order valence-electron chi connectivity index (χ4n) is 6.19. The highest BCUT2D eigenvalue weighted by Crippen LogP contribution is 2.33. The van der Waals surface area contributed by atoms with Gasteiger partial charge in [-0.2, -0.15) is 0 Å². The summed E-state index contributed by atoms with van der Waals surface area (Å²) < 4.78 is 5.48. The second kappa shape index (κ2) is 12.7. The number of methoxy groups -OCH3 is 1. The highest BCUT2D eigenvalue weighted by molar-refractivity contribution is 5.88. The van der Waals surface area contributed by atoms with Gasteiger partial charge < -0.3 is 19.6 Å². The molecule has 0 aliphatic carbocycles. The molecule has 0 unspecified atom stereocenters. The van der Waals surface area contributed by atoms with Crippen molar-refractivity contribution in [2.45, 2.75) is 64.3 Å². The van der Waals surface area contributed by atoms with Crippen molar-refractivity contribution >= 4 is 17.8 Å². The van der Waals surface area contributed by atoms with Gasteiger partial charge in [0.25, 0.3) is 0 Å². The molecule has 1 N–H and O–H groups in total. The van der Waals surface area contributed by atoms with Gasteiger partial charge in [0.05, 0.1) is 30.8 Å². The minimum atomic E-state index is -1.01. The third-order valence-corrected chi connectivity index (χ3v) is 8.55. The number of carbonyl (C=O) groups is 2. The zero-order valence-electron chi connectivity index (χ0n) is 24.3. The number of anilines is 1. The lowest BCUT2D eigenvalue weighted by Gasteiger charge is -2.30. The average Bonchev–Trinajstić information content (AvgIpc) is 3.29. The van der Waals surface area contributed by atoms with Crippen molar-refractivity contribution in [3.8, 4) is 5.75 Å². The van der Waals surface area contributed by atoms with Crippen LogP contribution in [0, 0.1) is 5.92 Å². The Morgan fingerprint density at radius 3 is 2.56 bits per heavy atom. The van der Waals surface area contributed by atoms with E-state index in [1.54, 1.807) is 7.11 Å². The van der Waals surface area contributed by atoms with Crippen molar-refractivity contribution in [1.29, 1.82) is 0 Å². The number of aromatic nitrogens is 2. The molecule has 2 saturated heterocycles. The van der Waals surface area contributed by atoms with E-state index in [2.05, 4.69) is 52.9 Å². The SMILES string of the molecule is COc1ccccc1CC(=O)N1CCCC[C@H]2CN(c3ncc(C(=O)O)c(CCc4ccc(C(C)C)cc4)n3)C[C@H]21. The fraction of sp³-hybridized carbons (Fsp3) is 0.455.